The van der Waals surface area contributed by atoms with E-state index in [2.05, 4.69) is 4.99 Å². The summed E-state index contributed by atoms with van der Waals surface area (Å²) in [7, 11) is -3.19. The number of hydrogen-bond donors (Lipinski definition) is 0. The number of sulfone groups is 1. The van der Waals surface area contributed by atoms with E-state index >= 15 is 0 Å². The highest BCUT2D eigenvalue weighted by Gasteiger charge is 2.49. The van der Waals surface area contributed by atoms with E-state index in [1.54, 1.807) is 11.0 Å². The van der Waals surface area contributed by atoms with Crippen LogP contribution in [0.5, 0.6) is 0 Å². The van der Waals surface area contributed by atoms with Crippen LogP contribution < -0.4 is 4.90 Å². The smallest absolute Gasteiger partial charge is 0.262 e. The van der Waals surface area contributed by atoms with Gasteiger partial charge in [-0.05, 0) is 18.2 Å². The lowest BCUT2D eigenvalue weighted by Crippen LogP contribution is -2.37. The van der Waals surface area contributed by atoms with Gasteiger partial charge in [-0.1, -0.05) is 23.4 Å². The number of hydrogen-bond acceptors (Lipinski definition) is 5. The van der Waals surface area contributed by atoms with Gasteiger partial charge in [-0.3, -0.25) is 4.79 Å². The average molecular weight is 388 g/mol. The number of halogens is 2. The predicted octanol–water partition coefficient (Wildman–Crippen LogP) is 1.99. The highest BCUT2D eigenvalue weighted by atomic mass is 35.5. The summed E-state index contributed by atoms with van der Waals surface area (Å²) in [5.41, 5.74) is 0.460. The lowest BCUT2D eigenvalue weighted by molar-refractivity contribution is -0.116. The van der Waals surface area contributed by atoms with E-state index in [1.165, 1.54) is 30.0 Å². The van der Waals surface area contributed by atoms with Crippen molar-refractivity contribution in [2.75, 3.05) is 16.4 Å². The van der Waals surface area contributed by atoms with Crippen molar-refractivity contribution in [3.63, 3.8) is 0 Å². The second kappa shape index (κ2) is 6.35. The molecule has 10 heteroatoms. The summed E-state index contributed by atoms with van der Waals surface area (Å²) in [5.74, 6) is -1.30. The standard InChI is InChI=1S/C14H11ClFN3O3S2/c15-9-5-8(1-2-10(9)16)19-11-6-24(21,22)7-12(11)23-14(19)18-13(20)3-4-17/h1-2,5,11-12H,3,6-7H2/t11-,12-/m1/s1. The maximum atomic E-state index is 13.4. The number of thioether (sulfide) groups is 1. The summed E-state index contributed by atoms with van der Waals surface area (Å²) < 4.78 is 37.2. The Kier molecular flexibility index (Phi) is 4.55. The average Bonchev–Trinajstić information content (AvgIpc) is 2.93. The summed E-state index contributed by atoms with van der Waals surface area (Å²) in [6, 6.07) is 5.32. The van der Waals surface area contributed by atoms with Crippen LogP contribution in [0.25, 0.3) is 0 Å². The molecule has 24 heavy (non-hydrogen) atoms. The molecule has 2 aliphatic heterocycles. The molecule has 1 aromatic carbocycles. The molecule has 2 aliphatic rings. The van der Waals surface area contributed by atoms with Gasteiger partial charge in [0.1, 0.15) is 12.2 Å². The van der Waals surface area contributed by atoms with Crippen molar-refractivity contribution >= 4 is 50.0 Å². The second-order valence-electron chi connectivity index (χ2n) is 5.39. The van der Waals surface area contributed by atoms with Gasteiger partial charge < -0.3 is 4.90 Å². The zero-order valence-corrected chi connectivity index (χ0v) is 14.5. The number of nitriles is 1. The quantitative estimate of drug-likeness (QED) is 0.770. The van der Waals surface area contributed by atoms with Crippen LogP contribution in [-0.2, 0) is 14.6 Å². The fourth-order valence-corrected chi connectivity index (χ4v) is 6.82. The first-order chi connectivity index (χ1) is 11.3. The maximum absolute atomic E-state index is 13.4. The Hall–Kier alpha value is -1.63. The monoisotopic (exact) mass is 387 g/mol. The van der Waals surface area contributed by atoms with E-state index in [1.807, 2.05) is 0 Å². The summed E-state index contributed by atoms with van der Waals surface area (Å²) in [4.78, 5) is 17.2. The van der Waals surface area contributed by atoms with Crippen LogP contribution >= 0.6 is 23.4 Å². The van der Waals surface area contributed by atoms with Gasteiger partial charge >= 0.3 is 0 Å². The summed E-state index contributed by atoms with van der Waals surface area (Å²) >= 11 is 7.00. The second-order valence-corrected chi connectivity index (χ2v) is 9.16. The lowest BCUT2D eigenvalue weighted by Gasteiger charge is -2.24. The number of nitrogens with zero attached hydrogens (tertiary/aromatic N) is 3. The van der Waals surface area contributed by atoms with Crippen LogP contribution in [0.4, 0.5) is 10.1 Å². The third kappa shape index (κ3) is 3.27. The molecule has 0 spiro atoms. The van der Waals surface area contributed by atoms with Gasteiger partial charge in [0.25, 0.3) is 5.91 Å². The van der Waals surface area contributed by atoms with Gasteiger partial charge in [0.15, 0.2) is 15.0 Å². The van der Waals surface area contributed by atoms with E-state index in [0.717, 1.165) is 0 Å². The van der Waals surface area contributed by atoms with Crippen molar-refractivity contribution in [1.82, 2.24) is 0 Å². The molecule has 126 valence electrons. The first kappa shape index (κ1) is 17.2. The Balaban J connectivity index is 2.03. The third-order valence-corrected chi connectivity index (χ3v) is 7.20. The van der Waals surface area contributed by atoms with E-state index in [4.69, 9.17) is 16.9 Å². The Labute approximate surface area is 147 Å². The number of aliphatic imine (C=N–C) groups is 1. The van der Waals surface area contributed by atoms with Crippen molar-refractivity contribution in [3.05, 3.63) is 29.0 Å². The molecule has 1 aromatic rings. The molecule has 0 bridgehead atoms. The highest BCUT2D eigenvalue weighted by molar-refractivity contribution is 8.16. The molecule has 6 nitrogen and oxygen atoms in total. The first-order valence-corrected chi connectivity index (χ1v) is 9.98. The van der Waals surface area contributed by atoms with Crippen LogP contribution in [-0.4, -0.2) is 42.3 Å². The SMILES string of the molecule is N#CCC(=O)N=C1S[C@@H]2CS(=O)(=O)C[C@H]2N1c1ccc(F)c(Cl)c1. The minimum absolute atomic E-state index is 0.0147. The van der Waals surface area contributed by atoms with Crippen molar-refractivity contribution in [2.24, 2.45) is 4.99 Å². The number of amides is 1. The van der Waals surface area contributed by atoms with Gasteiger partial charge in [-0.25, -0.2) is 12.8 Å². The van der Waals surface area contributed by atoms with Crippen molar-refractivity contribution < 1.29 is 17.6 Å². The maximum Gasteiger partial charge on any atom is 0.262 e. The summed E-state index contributed by atoms with van der Waals surface area (Å²) in [5, 5.41) is 8.52. The molecule has 0 unspecified atom stereocenters. The molecule has 0 aromatic heterocycles. The number of rotatable bonds is 2. The van der Waals surface area contributed by atoms with Gasteiger partial charge in [-0.2, -0.15) is 10.3 Å². The van der Waals surface area contributed by atoms with Crippen molar-refractivity contribution in [1.29, 1.82) is 5.26 Å². The molecule has 0 aliphatic carbocycles. The lowest BCUT2D eigenvalue weighted by atomic mass is 10.2. The largest absolute Gasteiger partial charge is 0.316 e. The van der Waals surface area contributed by atoms with Gasteiger partial charge in [0.2, 0.25) is 0 Å². The Morgan fingerprint density at radius 3 is 2.92 bits per heavy atom. The fraction of sp³-hybridized carbons (Fsp3) is 0.357. The molecule has 0 N–H and O–H groups in total. The zero-order valence-electron chi connectivity index (χ0n) is 12.1. The van der Waals surface area contributed by atoms with Crippen LogP contribution in [0.2, 0.25) is 5.02 Å². The molecular weight excluding hydrogens is 377 g/mol. The minimum atomic E-state index is -3.19. The number of amidine groups is 1. The number of benzene rings is 1. The normalized spacial score (nSPS) is 26.4. The van der Waals surface area contributed by atoms with Crippen molar-refractivity contribution in [3.8, 4) is 6.07 Å². The minimum Gasteiger partial charge on any atom is -0.316 e. The van der Waals surface area contributed by atoms with E-state index in [-0.39, 0.29) is 28.2 Å². The van der Waals surface area contributed by atoms with E-state index < -0.39 is 27.6 Å². The van der Waals surface area contributed by atoms with E-state index in [9.17, 15) is 17.6 Å². The van der Waals surface area contributed by atoms with Crippen LogP contribution in [0, 0.1) is 17.1 Å². The van der Waals surface area contributed by atoms with Gasteiger partial charge in [0, 0.05) is 10.9 Å². The molecule has 3 rings (SSSR count). The molecule has 0 radical (unpaired) electrons. The topological polar surface area (TPSA) is 90.6 Å². The molecule has 0 saturated carbocycles. The summed E-state index contributed by atoms with van der Waals surface area (Å²) in [6.45, 7) is 0. The highest BCUT2D eigenvalue weighted by Crippen LogP contribution is 2.41. The Bertz CT molecular complexity index is 882. The van der Waals surface area contributed by atoms with E-state index in [0.29, 0.717) is 10.9 Å². The van der Waals surface area contributed by atoms with Gasteiger partial charge in [0.05, 0.1) is 28.6 Å². The molecule has 1 amide bonds. The molecule has 2 heterocycles. The number of anilines is 1. The van der Waals surface area contributed by atoms with Crippen molar-refractivity contribution in [2.45, 2.75) is 17.7 Å². The molecule has 2 atom stereocenters. The number of carbonyl (C=O) groups is 1. The molecule has 2 saturated heterocycles. The first-order valence-electron chi connectivity index (χ1n) is 6.90. The Morgan fingerprint density at radius 2 is 2.25 bits per heavy atom. The molecule has 2 fully saturated rings. The fourth-order valence-electron chi connectivity index (χ4n) is 2.72. The predicted molar refractivity (Wildman–Crippen MR) is 90.4 cm³/mol. The Morgan fingerprint density at radius 1 is 1.50 bits per heavy atom. The summed E-state index contributed by atoms with van der Waals surface area (Å²) in [6.07, 6.45) is -0.365. The zero-order chi connectivity index (χ0) is 17.5. The van der Waals surface area contributed by atoms with Gasteiger partial charge in [-0.15, -0.1) is 0 Å². The number of carbonyl (C=O) groups excluding carboxylic acids is 1. The molecular formula is C14H11ClFN3O3S2. The third-order valence-electron chi connectivity index (χ3n) is 3.70. The number of fused-ring (bicyclic) bond motifs is 1. The van der Waals surface area contributed by atoms with Crippen LogP contribution in [0.3, 0.4) is 0 Å². The van der Waals surface area contributed by atoms with Crippen LogP contribution in [0.15, 0.2) is 23.2 Å². The van der Waals surface area contributed by atoms with Crippen LogP contribution in [0.1, 0.15) is 6.42 Å².